The van der Waals surface area contributed by atoms with Crippen molar-refractivity contribution >= 4 is 57.6 Å². The molecule has 430 valence electrons. The average molecular weight is 1130 g/mol. The minimum Gasteiger partial charge on any atom is -0.489 e. The average Bonchev–Trinajstić information content (AvgIpc) is 3.46. The highest BCUT2D eigenvalue weighted by atomic mass is 32.2. The number of carbonyl (C=O) groups is 7. The molecule has 22 heteroatoms. The number of hydrogen-bond donors (Lipinski definition) is 8. The van der Waals surface area contributed by atoms with Crippen LogP contribution >= 0.6 is 0 Å². The molecule has 1 aliphatic heterocycles. The summed E-state index contributed by atoms with van der Waals surface area (Å²) in [5, 5.41) is 16.3. The third-order valence-electron chi connectivity index (χ3n) is 12.9. The maximum Gasteiger partial charge on any atom is 0.407 e. The Kier molecular flexibility index (Phi) is 23.6. The van der Waals surface area contributed by atoms with Gasteiger partial charge in [-0.2, -0.15) is 0 Å². The molecule has 0 radical (unpaired) electrons. The van der Waals surface area contributed by atoms with E-state index >= 15 is 0 Å². The minimum absolute atomic E-state index is 0.0384. The number of ether oxygens (including phenoxy) is 3. The van der Waals surface area contributed by atoms with Crippen LogP contribution in [0.2, 0.25) is 0 Å². The highest BCUT2D eigenvalue weighted by molar-refractivity contribution is 7.90. The van der Waals surface area contributed by atoms with Gasteiger partial charge in [0.05, 0.1) is 11.3 Å². The summed E-state index contributed by atoms with van der Waals surface area (Å²) in [6, 6.07) is 33.3. The number of rotatable bonds is 23. The number of aryl methyl sites for hydroxylation is 1. The van der Waals surface area contributed by atoms with E-state index in [-0.39, 0.29) is 63.3 Å². The summed E-state index contributed by atoms with van der Waals surface area (Å²) < 4.78 is 45.1. The Bertz CT molecular complexity index is 3020. The predicted octanol–water partition coefficient (Wildman–Crippen LogP) is 4.51. The Balaban J connectivity index is 1.27. The number of nitrogens with two attached hydrogens (primary N) is 1. The van der Waals surface area contributed by atoms with Crippen molar-refractivity contribution in [1.82, 2.24) is 36.6 Å². The Morgan fingerprint density at radius 3 is 1.67 bits per heavy atom. The number of amides is 6. The summed E-state index contributed by atoms with van der Waals surface area (Å²) in [5.74, 6) is -5.56. The number of carbonyl (C=O) groups excluding carboxylic acids is 7. The van der Waals surface area contributed by atoms with Crippen LogP contribution in [0.15, 0.2) is 149 Å². The molecule has 21 nitrogen and oxygen atoms in total. The number of unbranched alkanes of at least 4 members (excludes halogenated alkanes) is 1. The second-order valence-corrected chi connectivity index (χ2v) is 21.4. The molecule has 0 saturated carbocycles. The molecule has 0 unspecified atom stereocenters. The number of alkyl carbamates (subject to hydrolysis) is 1. The number of nitrogens with one attached hydrogen (secondary N) is 7. The van der Waals surface area contributed by atoms with Gasteiger partial charge in [-0.05, 0) is 91.5 Å². The normalized spacial score (nSPS) is 18.3. The maximum absolute atomic E-state index is 14.7. The first-order chi connectivity index (χ1) is 38.9. The quantitative estimate of drug-likeness (QED) is 0.0194. The fraction of sp³-hybridized carbons (Fsp3) is 0.356. The molecule has 5 aromatic carbocycles. The topological polar surface area (TPSA) is 304 Å². The lowest BCUT2D eigenvalue weighted by atomic mass is 10.00. The Labute approximate surface area is 472 Å². The first-order valence-electron chi connectivity index (χ1n) is 26.7. The van der Waals surface area contributed by atoms with Crippen LogP contribution in [0.3, 0.4) is 0 Å². The molecule has 5 aromatic rings. The summed E-state index contributed by atoms with van der Waals surface area (Å²) in [6.45, 7) is 5.34. The fourth-order valence-corrected chi connectivity index (χ4v) is 9.32. The van der Waals surface area contributed by atoms with Gasteiger partial charge >= 0.3 is 12.1 Å². The molecular formula is C59H71N9O12S. The summed E-state index contributed by atoms with van der Waals surface area (Å²) in [4.78, 5) is 103. The van der Waals surface area contributed by atoms with E-state index in [1.807, 2.05) is 67.6 Å². The molecule has 9 N–H and O–H groups in total. The van der Waals surface area contributed by atoms with Gasteiger partial charge in [0.25, 0.3) is 10.0 Å². The number of esters is 1. The van der Waals surface area contributed by atoms with Gasteiger partial charge in [-0.15, -0.1) is 0 Å². The molecule has 1 heterocycles. The maximum atomic E-state index is 14.7. The van der Waals surface area contributed by atoms with Gasteiger partial charge in [-0.1, -0.05) is 135 Å². The number of guanidine groups is 1. The van der Waals surface area contributed by atoms with E-state index in [1.54, 1.807) is 80.6 Å². The summed E-state index contributed by atoms with van der Waals surface area (Å²) in [7, 11) is -4.10. The third kappa shape index (κ3) is 20.8. The van der Waals surface area contributed by atoms with Gasteiger partial charge in [0, 0.05) is 19.5 Å². The molecule has 1 saturated heterocycles. The number of aliphatic imine (C=N–C) groups is 1. The molecule has 1 fully saturated rings. The van der Waals surface area contributed by atoms with Gasteiger partial charge in [0.1, 0.15) is 55.8 Å². The minimum atomic E-state index is -4.10. The SMILES string of the molecule is Cc1ccc(S(=O)(=O)NC(N)=NCCC[C@@H]2NC(=O)[C@H](Cc3ccc(OCc4ccccc4)cc3)NC(=O)[C@H](C(C)C)NC(=O)[C@H](CC(=O)OCc3ccccc3)NC(=O)[C@H](CCCCNC(=O)OCc3ccccc3)NC2=O)cc1. The van der Waals surface area contributed by atoms with Crippen LogP contribution in [0.25, 0.3) is 0 Å². The van der Waals surface area contributed by atoms with E-state index in [4.69, 9.17) is 19.9 Å². The highest BCUT2D eigenvalue weighted by Gasteiger charge is 2.36. The first-order valence-corrected chi connectivity index (χ1v) is 28.2. The molecule has 0 aromatic heterocycles. The molecule has 0 bridgehead atoms. The van der Waals surface area contributed by atoms with Crippen LogP contribution in [0.1, 0.15) is 80.2 Å². The van der Waals surface area contributed by atoms with Crippen LogP contribution in [-0.2, 0) is 74.5 Å². The molecule has 6 amide bonds. The predicted molar refractivity (Wildman–Crippen MR) is 302 cm³/mol. The molecule has 81 heavy (non-hydrogen) atoms. The molecule has 1 aliphatic rings. The van der Waals surface area contributed by atoms with Crippen molar-refractivity contribution in [1.29, 1.82) is 0 Å². The van der Waals surface area contributed by atoms with E-state index in [0.717, 1.165) is 16.7 Å². The van der Waals surface area contributed by atoms with E-state index < -0.39 is 100 Å². The van der Waals surface area contributed by atoms with Crippen molar-refractivity contribution in [2.45, 2.75) is 121 Å². The number of sulfonamides is 1. The highest BCUT2D eigenvalue weighted by Crippen LogP contribution is 2.18. The fourth-order valence-electron chi connectivity index (χ4n) is 8.36. The van der Waals surface area contributed by atoms with Gasteiger partial charge in [-0.3, -0.25) is 33.8 Å². The third-order valence-corrected chi connectivity index (χ3v) is 14.3. The van der Waals surface area contributed by atoms with Crippen LogP contribution in [0.4, 0.5) is 4.79 Å². The number of hydrogen-bond acceptors (Lipinski definition) is 13. The van der Waals surface area contributed by atoms with E-state index in [0.29, 0.717) is 29.9 Å². The van der Waals surface area contributed by atoms with E-state index in [9.17, 15) is 42.0 Å². The van der Waals surface area contributed by atoms with Gasteiger partial charge in [0.2, 0.25) is 35.5 Å². The largest absolute Gasteiger partial charge is 0.489 e. The van der Waals surface area contributed by atoms with Crippen molar-refractivity contribution in [2.75, 3.05) is 13.1 Å². The molecule has 5 atom stereocenters. The summed E-state index contributed by atoms with van der Waals surface area (Å²) in [6.07, 6.45) is -1.08. The lowest BCUT2D eigenvalue weighted by Crippen LogP contribution is -2.59. The van der Waals surface area contributed by atoms with E-state index in [1.165, 1.54) is 12.1 Å². The molecule has 0 spiro atoms. The van der Waals surface area contributed by atoms with Crippen molar-refractivity contribution in [2.24, 2.45) is 16.6 Å². The Hall–Kier alpha value is -8.79. The second kappa shape index (κ2) is 31.1. The standard InChI is InChI=1S/C59H71N9O12S/c1-39(2)52-57(74)66-49(34-41-26-28-45(29-27-41)78-36-42-16-7-4-8-17-42)55(72)64-48(23-15-33-61-58(60)68-81(76,77)46-30-24-40(3)25-31-46)53(70)63-47(22-13-14-32-62-59(75)80-38-44-20-11-6-12-21-44)54(71)65-50(56(73)67-52)35-51(69)79-37-43-18-9-5-10-19-43/h4-12,16-21,24-31,39,47-50,52H,13-15,22-23,32-38H2,1-3H3,(H,62,75)(H,63,70)(H,64,72)(H,65,71)(H,66,74)(H,67,73)(H3,60,61,68)/t47-,48-,49-,50-,52-/m0/s1. The van der Waals surface area contributed by atoms with Crippen LogP contribution < -0.4 is 47.1 Å². The smallest absolute Gasteiger partial charge is 0.407 e. The molecular weight excluding hydrogens is 1060 g/mol. The lowest BCUT2D eigenvalue weighted by Gasteiger charge is -2.27. The molecule has 6 rings (SSSR count). The molecule has 0 aliphatic carbocycles. The van der Waals surface area contributed by atoms with Crippen molar-refractivity contribution in [3.8, 4) is 5.75 Å². The lowest BCUT2D eigenvalue weighted by molar-refractivity contribution is -0.147. The Morgan fingerprint density at radius 1 is 0.580 bits per heavy atom. The van der Waals surface area contributed by atoms with Crippen LogP contribution in [0, 0.1) is 12.8 Å². The second-order valence-electron chi connectivity index (χ2n) is 19.8. The van der Waals surface area contributed by atoms with Crippen molar-refractivity contribution in [3.05, 3.63) is 167 Å². The monoisotopic (exact) mass is 1130 g/mol. The summed E-state index contributed by atoms with van der Waals surface area (Å²) in [5.41, 5.74) is 9.86. The van der Waals surface area contributed by atoms with Crippen LogP contribution in [-0.4, -0.2) is 99.3 Å². The van der Waals surface area contributed by atoms with E-state index in [2.05, 4.69) is 41.6 Å². The first kappa shape index (κ1) is 61.4. The van der Waals surface area contributed by atoms with Gasteiger partial charge in [-0.25, -0.2) is 17.9 Å². The zero-order valence-corrected chi connectivity index (χ0v) is 46.4. The van der Waals surface area contributed by atoms with Gasteiger partial charge in [0.15, 0.2) is 0 Å². The zero-order chi connectivity index (χ0) is 58.2. The number of nitrogens with zero attached hydrogens (tertiary/aromatic N) is 1. The zero-order valence-electron chi connectivity index (χ0n) is 45.6. The summed E-state index contributed by atoms with van der Waals surface area (Å²) >= 11 is 0. The van der Waals surface area contributed by atoms with Gasteiger partial charge < -0.3 is 51.8 Å². The Morgan fingerprint density at radius 2 is 1.09 bits per heavy atom. The van der Waals surface area contributed by atoms with Crippen molar-refractivity contribution in [3.63, 3.8) is 0 Å². The number of benzene rings is 5. The van der Waals surface area contributed by atoms with Crippen molar-refractivity contribution < 1.29 is 56.2 Å². The van der Waals surface area contributed by atoms with Crippen LogP contribution in [0.5, 0.6) is 5.75 Å².